The Labute approximate surface area is 204 Å². The standard InChI is InChI=1S/C27H29N5O3/c1-20-19-21-7-5-6-10-24(21)32(20)27(35)23-11-12-26(34)31(28-23)14-13-25(33)30-17-15-29(16-18-30)22-8-3-2-4-9-22/h2-12,20H,13-19H2,1H3/t20-/m1/s1. The van der Waals surface area contributed by atoms with E-state index in [1.807, 2.05) is 54.3 Å². The van der Waals surface area contributed by atoms with Crippen LogP contribution >= 0.6 is 0 Å². The third kappa shape index (κ3) is 4.69. The maximum Gasteiger partial charge on any atom is 0.278 e. The number of nitrogens with zero attached hydrogens (tertiary/aromatic N) is 5. The molecule has 2 aliphatic rings. The van der Waals surface area contributed by atoms with E-state index in [9.17, 15) is 14.4 Å². The number of piperazine rings is 1. The lowest BCUT2D eigenvalue weighted by atomic mass is 10.1. The maximum absolute atomic E-state index is 13.3. The van der Waals surface area contributed by atoms with Gasteiger partial charge in [-0.05, 0) is 43.2 Å². The molecule has 0 bridgehead atoms. The molecule has 1 atom stereocenters. The molecule has 0 aliphatic carbocycles. The minimum Gasteiger partial charge on any atom is -0.368 e. The molecule has 2 amide bonds. The number of para-hydroxylation sites is 2. The van der Waals surface area contributed by atoms with Crippen LogP contribution in [0.1, 0.15) is 29.4 Å². The smallest absolute Gasteiger partial charge is 0.278 e. The van der Waals surface area contributed by atoms with Crippen molar-refractivity contribution in [1.82, 2.24) is 14.7 Å². The van der Waals surface area contributed by atoms with Crippen molar-refractivity contribution in [2.24, 2.45) is 0 Å². The van der Waals surface area contributed by atoms with E-state index in [4.69, 9.17) is 0 Å². The van der Waals surface area contributed by atoms with Crippen molar-refractivity contribution < 1.29 is 9.59 Å². The van der Waals surface area contributed by atoms with Crippen molar-refractivity contribution in [3.05, 3.63) is 88.3 Å². The molecule has 2 aliphatic heterocycles. The molecule has 5 rings (SSSR count). The van der Waals surface area contributed by atoms with Gasteiger partial charge < -0.3 is 14.7 Å². The summed E-state index contributed by atoms with van der Waals surface area (Å²) in [6.07, 6.45) is 0.951. The first-order valence-electron chi connectivity index (χ1n) is 12.1. The largest absolute Gasteiger partial charge is 0.368 e. The Bertz CT molecular complexity index is 1280. The summed E-state index contributed by atoms with van der Waals surface area (Å²) in [5, 5.41) is 4.33. The predicted octanol–water partition coefficient (Wildman–Crippen LogP) is 2.57. The molecule has 8 nitrogen and oxygen atoms in total. The van der Waals surface area contributed by atoms with Gasteiger partial charge in [-0.3, -0.25) is 14.4 Å². The molecule has 1 aromatic heterocycles. The summed E-state index contributed by atoms with van der Waals surface area (Å²) in [4.78, 5) is 44.4. The van der Waals surface area contributed by atoms with E-state index in [1.54, 1.807) is 4.90 Å². The second-order valence-corrected chi connectivity index (χ2v) is 9.09. The Morgan fingerprint density at radius 1 is 0.914 bits per heavy atom. The van der Waals surface area contributed by atoms with Gasteiger partial charge in [-0.1, -0.05) is 36.4 Å². The molecule has 1 saturated heterocycles. The Morgan fingerprint density at radius 3 is 2.40 bits per heavy atom. The number of fused-ring (bicyclic) bond motifs is 1. The number of hydrogen-bond donors (Lipinski definition) is 0. The zero-order chi connectivity index (χ0) is 24.4. The zero-order valence-corrected chi connectivity index (χ0v) is 19.8. The second-order valence-electron chi connectivity index (χ2n) is 9.09. The molecule has 0 spiro atoms. The van der Waals surface area contributed by atoms with Crippen LogP contribution in [0.15, 0.2) is 71.5 Å². The Morgan fingerprint density at radius 2 is 1.63 bits per heavy atom. The molecule has 0 radical (unpaired) electrons. The van der Waals surface area contributed by atoms with Crippen molar-refractivity contribution in [2.75, 3.05) is 36.0 Å². The van der Waals surface area contributed by atoms with Crippen LogP contribution in [0.5, 0.6) is 0 Å². The average molecular weight is 472 g/mol. The van der Waals surface area contributed by atoms with Gasteiger partial charge >= 0.3 is 0 Å². The lowest BCUT2D eigenvalue weighted by Gasteiger charge is -2.36. The van der Waals surface area contributed by atoms with Gasteiger partial charge in [0, 0.05) is 56.1 Å². The summed E-state index contributed by atoms with van der Waals surface area (Å²) in [5.74, 6) is -0.246. The molecule has 8 heteroatoms. The number of anilines is 2. The fourth-order valence-corrected chi connectivity index (χ4v) is 4.93. The average Bonchev–Trinajstić information content (AvgIpc) is 3.23. The summed E-state index contributed by atoms with van der Waals surface area (Å²) in [5.41, 5.74) is 3.05. The van der Waals surface area contributed by atoms with E-state index >= 15 is 0 Å². The number of aryl methyl sites for hydroxylation is 1. The van der Waals surface area contributed by atoms with Crippen LogP contribution in [-0.4, -0.2) is 58.7 Å². The number of aromatic nitrogens is 2. The van der Waals surface area contributed by atoms with Crippen molar-refractivity contribution in [1.29, 1.82) is 0 Å². The van der Waals surface area contributed by atoms with Crippen LogP contribution in [0, 0.1) is 0 Å². The van der Waals surface area contributed by atoms with Crippen LogP contribution in [0.2, 0.25) is 0 Å². The SMILES string of the molecule is C[C@@H]1Cc2ccccc2N1C(=O)c1ccc(=O)n(CCC(=O)N2CCN(c3ccccc3)CC2)n1. The van der Waals surface area contributed by atoms with Crippen LogP contribution in [0.4, 0.5) is 11.4 Å². The van der Waals surface area contributed by atoms with E-state index in [0.717, 1.165) is 36.4 Å². The van der Waals surface area contributed by atoms with E-state index in [2.05, 4.69) is 22.1 Å². The fraction of sp³-hybridized carbons (Fsp3) is 0.333. The highest BCUT2D eigenvalue weighted by molar-refractivity contribution is 6.06. The van der Waals surface area contributed by atoms with Crippen molar-refractivity contribution in [2.45, 2.75) is 32.4 Å². The van der Waals surface area contributed by atoms with Gasteiger partial charge in [0.2, 0.25) is 5.91 Å². The van der Waals surface area contributed by atoms with Crippen LogP contribution in [0.25, 0.3) is 0 Å². The molecule has 1 fully saturated rings. The molecule has 35 heavy (non-hydrogen) atoms. The third-order valence-electron chi connectivity index (χ3n) is 6.80. The first-order valence-corrected chi connectivity index (χ1v) is 12.1. The molecule has 3 heterocycles. The molecular formula is C27H29N5O3. The van der Waals surface area contributed by atoms with Crippen molar-refractivity contribution in [3.63, 3.8) is 0 Å². The quantitative estimate of drug-likeness (QED) is 0.572. The number of carbonyl (C=O) groups is 2. The number of rotatable bonds is 5. The Hall–Kier alpha value is -3.94. The first-order chi connectivity index (χ1) is 17.0. The second kappa shape index (κ2) is 9.74. The molecule has 180 valence electrons. The van der Waals surface area contributed by atoms with Gasteiger partial charge in [0.1, 0.15) is 5.69 Å². The summed E-state index contributed by atoms with van der Waals surface area (Å²) < 4.78 is 1.23. The minimum atomic E-state index is -0.321. The highest BCUT2D eigenvalue weighted by atomic mass is 16.2. The van der Waals surface area contributed by atoms with Gasteiger partial charge in [-0.15, -0.1) is 0 Å². The zero-order valence-electron chi connectivity index (χ0n) is 19.8. The molecular weight excluding hydrogens is 442 g/mol. The monoisotopic (exact) mass is 471 g/mol. The van der Waals surface area contributed by atoms with Crippen LogP contribution in [-0.2, 0) is 17.8 Å². The van der Waals surface area contributed by atoms with Gasteiger partial charge in [0.15, 0.2) is 0 Å². The van der Waals surface area contributed by atoms with Gasteiger partial charge in [-0.2, -0.15) is 5.10 Å². The predicted molar refractivity (Wildman–Crippen MR) is 135 cm³/mol. The minimum absolute atomic E-state index is 0.00904. The summed E-state index contributed by atoms with van der Waals surface area (Å²) in [6, 6.07) is 20.9. The fourth-order valence-electron chi connectivity index (χ4n) is 4.93. The normalized spacial score (nSPS) is 17.4. The molecule has 0 unspecified atom stereocenters. The van der Waals surface area contributed by atoms with Gasteiger partial charge in [-0.25, -0.2) is 4.68 Å². The number of hydrogen-bond acceptors (Lipinski definition) is 5. The lowest BCUT2D eigenvalue weighted by molar-refractivity contribution is -0.131. The number of carbonyl (C=O) groups excluding carboxylic acids is 2. The first kappa shape index (κ1) is 22.8. The number of benzene rings is 2. The highest BCUT2D eigenvalue weighted by Gasteiger charge is 2.32. The molecule has 0 saturated carbocycles. The maximum atomic E-state index is 13.3. The molecule has 2 aromatic carbocycles. The molecule has 3 aromatic rings. The van der Waals surface area contributed by atoms with E-state index in [-0.39, 0.29) is 42.1 Å². The van der Waals surface area contributed by atoms with Crippen LogP contribution in [0.3, 0.4) is 0 Å². The number of amides is 2. The van der Waals surface area contributed by atoms with E-state index < -0.39 is 0 Å². The van der Waals surface area contributed by atoms with Gasteiger partial charge in [0.25, 0.3) is 11.5 Å². The highest BCUT2D eigenvalue weighted by Crippen LogP contribution is 2.32. The third-order valence-corrected chi connectivity index (χ3v) is 6.80. The van der Waals surface area contributed by atoms with E-state index in [0.29, 0.717) is 13.1 Å². The van der Waals surface area contributed by atoms with E-state index in [1.165, 1.54) is 16.8 Å². The van der Waals surface area contributed by atoms with Gasteiger partial charge in [0.05, 0.1) is 6.54 Å². The lowest BCUT2D eigenvalue weighted by Crippen LogP contribution is -2.49. The Kier molecular flexibility index (Phi) is 6.35. The summed E-state index contributed by atoms with van der Waals surface area (Å²) in [7, 11) is 0. The van der Waals surface area contributed by atoms with Crippen molar-refractivity contribution in [3.8, 4) is 0 Å². The summed E-state index contributed by atoms with van der Waals surface area (Å²) >= 11 is 0. The van der Waals surface area contributed by atoms with Crippen LogP contribution < -0.4 is 15.4 Å². The Balaban J connectivity index is 1.22. The summed E-state index contributed by atoms with van der Waals surface area (Å²) in [6.45, 7) is 4.97. The molecule has 0 N–H and O–H groups in total. The van der Waals surface area contributed by atoms with Crippen molar-refractivity contribution >= 4 is 23.2 Å². The topological polar surface area (TPSA) is 78.8 Å².